The summed E-state index contributed by atoms with van der Waals surface area (Å²) < 4.78 is 122. The Kier molecular flexibility index (Phi) is 8.05. The van der Waals surface area contributed by atoms with Crippen LogP contribution in [0.4, 0.5) is 32.4 Å². The molecular formula is C26H19F5N6O5S2. The van der Waals surface area contributed by atoms with E-state index in [1.165, 1.54) is 0 Å². The molecule has 0 N–H and O–H groups in total. The van der Waals surface area contributed by atoms with E-state index in [-0.39, 0.29) is 20.2 Å². The van der Waals surface area contributed by atoms with E-state index in [1.807, 2.05) is 0 Å². The molecule has 3 aromatic rings. The van der Waals surface area contributed by atoms with Gasteiger partial charge in [0.25, 0.3) is 10.0 Å². The number of halogens is 5. The Morgan fingerprint density at radius 1 is 0.977 bits per heavy atom. The van der Waals surface area contributed by atoms with E-state index in [0.29, 0.717) is 23.2 Å². The van der Waals surface area contributed by atoms with E-state index in [0.717, 1.165) is 50.4 Å². The first-order valence-corrected chi connectivity index (χ1v) is 15.4. The first-order chi connectivity index (χ1) is 20.4. The van der Waals surface area contributed by atoms with E-state index in [9.17, 15) is 54.1 Å². The molecule has 0 bridgehead atoms. The minimum atomic E-state index is -5.32. The van der Waals surface area contributed by atoms with Crippen molar-refractivity contribution < 1.29 is 43.6 Å². The molecule has 1 aliphatic heterocycles. The largest absolute Gasteiger partial charge is 0.416 e. The number of anilines is 1. The Hall–Kier alpha value is -4.81. The Bertz CT molecular complexity index is 2030. The molecule has 0 unspecified atom stereocenters. The van der Waals surface area contributed by atoms with Gasteiger partial charge < -0.3 is 0 Å². The van der Waals surface area contributed by atoms with E-state index in [2.05, 4.69) is 5.10 Å². The number of hydrogen-bond acceptors (Lipinski definition) is 8. The quantitative estimate of drug-likeness (QED) is 0.334. The van der Waals surface area contributed by atoms with Crippen LogP contribution in [0.2, 0.25) is 0 Å². The molecule has 0 saturated heterocycles. The number of amides is 2. The molecule has 4 rings (SSSR count). The lowest BCUT2D eigenvalue weighted by Gasteiger charge is -2.41. The van der Waals surface area contributed by atoms with Crippen molar-refractivity contribution in [3.05, 3.63) is 82.3 Å². The standard InChI is InChI=1S/C26H19F5N6O5S2/c1-14-20(12-33)23(19-8-7-16(11-32)9-21(19)43(3,39)40)37(44(41,42)22-13-34-36(15(22)2)24(27)28)25(38)35(14)18-6-4-5-17(10-18)26(29,30)31/h4-10,13,23-24H,1-3H3/t23-/m1/s1. The van der Waals surface area contributed by atoms with Crippen LogP contribution in [-0.4, -0.2) is 43.2 Å². The fraction of sp³-hybridized carbons (Fsp3) is 0.231. The number of hydrogen-bond donors (Lipinski definition) is 0. The van der Waals surface area contributed by atoms with Gasteiger partial charge in [-0.15, -0.1) is 0 Å². The number of urea groups is 1. The van der Waals surface area contributed by atoms with Gasteiger partial charge in [0.05, 0.1) is 51.3 Å². The Balaban J connectivity index is 2.13. The molecule has 1 aliphatic rings. The first kappa shape index (κ1) is 32.1. The molecule has 230 valence electrons. The molecule has 0 fully saturated rings. The molecule has 2 aromatic carbocycles. The number of rotatable bonds is 6. The Morgan fingerprint density at radius 3 is 2.16 bits per heavy atom. The highest BCUT2D eigenvalue weighted by molar-refractivity contribution is 7.91. The fourth-order valence-electron chi connectivity index (χ4n) is 4.69. The number of carbonyl (C=O) groups excluding carboxylic acids is 1. The molecule has 2 amide bonds. The molecule has 0 spiro atoms. The number of sulfonamides is 1. The Labute approximate surface area is 247 Å². The van der Waals surface area contributed by atoms with Crippen LogP contribution in [0.1, 0.15) is 41.9 Å². The third-order valence-electron chi connectivity index (χ3n) is 6.72. The average Bonchev–Trinajstić information content (AvgIpc) is 3.34. The van der Waals surface area contributed by atoms with Gasteiger partial charge in [0.1, 0.15) is 10.9 Å². The van der Waals surface area contributed by atoms with Gasteiger partial charge in [0, 0.05) is 12.0 Å². The second kappa shape index (κ2) is 11.0. The van der Waals surface area contributed by atoms with Crippen molar-refractivity contribution in [2.24, 2.45) is 0 Å². The maximum atomic E-state index is 14.2. The van der Waals surface area contributed by atoms with Crippen LogP contribution in [0.15, 0.2) is 69.7 Å². The summed E-state index contributed by atoms with van der Waals surface area (Å²) in [5.74, 6) is 0. The molecule has 0 aliphatic carbocycles. The molecule has 0 radical (unpaired) electrons. The van der Waals surface area contributed by atoms with Crippen molar-refractivity contribution in [1.29, 1.82) is 10.5 Å². The second-order valence-corrected chi connectivity index (χ2v) is 13.2. The molecule has 11 nitrogen and oxygen atoms in total. The topological polar surface area (TPSA) is 157 Å². The summed E-state index contributed by atoms with van der Waals surface area (Å²) in [5.41, 5.74) is -3.92. The molecule has 2 heterocycles. The summed E-state index contributed by atoms with van der Waals surface area (Å²) in [6.45, 7) is -1.21. The second-order valence-electron chi connectivity index (χ2n) is 9.43. The van der Waals surface area contributed by atoms with Crippen molar-refractivity contribution in [2.45, 2.75) is 42.4 Å². The number of benzene rings is 2. The monoisotopic (exact) mass is 654 g/mol. The fourth-order valence-corrected chi connectivity index (χ4v) is 7.29. The van der Waals surface area contributed by atoms with Crippen molar-refractivity contribution in [3.63, 3.8) is 0 Å². The predicted molar refractivity (Wildman–Crippen MR) is 142 cm³/mol. The van der Waals surface area contributed by atoms with Gasteiger partial charge in [-0.3, -0.25) is 4.90 Å². The van der Waals surface area contributed by atoms with E-state index in [1.54, 1.807) is 12.1 Å². The van der Waals surface area contributed by atoms with Crippen molar-refractivity contribution in [3.8, 4) is 12.1 Å². The van der Waals surface area contributed by atoms with Gasteiger partial charge in [-0.1, -0.05) is 12.1 Å². The highest BCUT2D eigenvalue weighted by atomic mass is 32.2. The maximum absolute atomic E-state index is 14.2. The number of carbonyl (C=O) groups is 1. The predicted octanol–water partition coefficient (Wildman–Crippen LogP) is 5.05. The summed E-state index contributed by atoms with van der Waals surface area (Å²) in [4.78, 5) is 13.1. The molecule has 44 heavy (non-hydrogen) atoms. The van der Waals surface area contributed by atoms with Crippen LogP contribution >= 0.6 is 0 Å². The lowest BCUT2D eigenvalue weighted by molar-refractivity contribution is -0.137. The zero-order valence-corrected chi connectivity index (χ0v) is 24.3. The van der Waals surface area contributed by atoms with Gasteiger partial charge >= 0.3 is 18.8 Å². The summed E-state index contributed by atoms with van der Waals surface area (Å²) >= 11 is 0. The van der Waals surface area contributed by atoms with Crippen LogP contribution in [0, 0.1) is 29.6 Å². The average molecular weight is 655 g/mol. The summed E-state index contributed by atoms with van der Waals surface area (Å²) in [6.07, 6.45) is -3.64. The lowest BCUT2D eigenvalue weighted by atomic mass is 9.94. The highest BCUT2D eigenvalue weighted by Crippen LogP contribution is 2.45. The van der Waals surface area contributed by atoms with E-state index < -0.39 is 82.5 Å². The van der Waals surface area contributed by atoms with Crippen LogP contribution < -0.4 is 4.90 Å². The number of nitriles is 2. The number of allylic oxidation sites excluding steroid dienone is 1. The van der Waals surface area contributed by atoms with Crippen molar-refractivity contribution in [1.82, 2.24) is 14.1 Å². The zero-order valence-electron chi connectivity index (χ0n) is 22.7. The summed E-state index contributed by atoms with van der Waals surface area (Å²) in [7, 11) is -9.61. The molecule has 0 saturated carbocycles. The minimum absolute atomic E-state index is 0.0364. The number of nitrogens with zero attached hydrogens (tertiary/aromatic N) is 6. The first-order valence-electron chi connectivity index (χ1n) is 12.1. The van der Waals surface area contributed by atoms with E-state index >= 15 is 0 Å². The normalized spacial score (nSPS) is 16.3. The van der Waals surface area contributed by atoms with Crippen LogP contribution in [0.3, 0.4) is 0 Å². The molecule has 1 atom stereocenters. The molecular weight excluding hydrogens is 635 g/mol. The SMILES string of the molecule is CC1=C(C#N)[C@@H](c2ccc(C#N)cc2S(C)(=O)=O)N(S(=O)(=O)c2cnn(C(F)F)c2C)C(=O)N1c1cccc(C(F)(F)F)c1. The van der Waals surface area contributed by atoms with Crippen LogP contribution in [0.25, 0.3) is 0 Å². The van der Waals surface area contributed by atoms with Gasteiger partial charge in [-0.2, -0.15) is 37.6 Å². The maximum Gasteiger partial charge on any atom is 0.416 e. The van der Waals surface area contributed by atoms with Crippen molar-refractivity contribution in [2.75, 3.05) is 11.2 Å². The van der Waals surface area contributed by atoms with Gasteiger partial charge in [-0.25, -0.2) is 30.6 Å². The summed E-state index contributed by atoms with van der Waals surface area (Å²) in [6, 6.07) is 6.03. The van der Waals surface area contributed by atoms with Crippen LogP contribution in [-0.2, 0) is 26.0 Å². The molecule has 18 heteroatoms. The lowest BCUT2D eigenvalue weighted by Crippen LogP contribution is -2.52. The van der Waals surface area contributed by atoms with E-state index in [4.69, 9.17) is 0 Å². The van der Waals surface area contributed by atoms with Gasteiger partial charge in [-0.05, 0) is 49.7 Å². The summed E-state index contributed by atoms with van der Waals surface area (Å²) in [5, 5.41) is 22.9. The third-order valence-corrected chi connectivity index (χ3v) is 9.72. The Morgan fingerprint density at radius 2 is 1.64 bits per heavy atom. The zero-order chi connectivity index (χ0) is 32.9. The molecule has 1 aromatic heterocycles. The smallest absolute Gasteiger partial charge is 0.265 e. The number of alkyl halides is 5. The third kappa shape index (κ3) is 5.38. The number of sulfone groups is 1. The van der Waals surface area contributed by atoms with Crippen LogP contribution in [0.5, 0.6) is 0 Å². The van der Waals surface area contributed by atoms with Gasteiger partial charge in [0.15, 0.2) is 9.84 Å². The van der Waals surface area contributed by atoms with Crippen molar-refractivity contribution >= 4 is 31.6 Å². The number of aromatic nitrogens is 2. The minimum Gasteiger partial charge on any atom is -0.265 e. The highest BCUT2D eigenvalue weighted by Gasteiger charge is 2.49. The van der Waals surface area contributed by atoms with Gasteiger partial charge in [0.2, 0.25) is 0 Å².